The lowest BCUT2D eigenvalue weighted by atomic mass is 9.94. The van der Waals surface area contributed by atoms with Gasteiger partial charge in [0.2, 0.25) is 0 Å². The van der Waals surface area contributed by atoms with E-state index in [1.165, 1.54) is 30.3 Å². The number of amides is 1. The number of carbonyl (C=O) groups excluding carboxylic acids is 1. The van der Waals surface area contributed by atoms with Crippen LogP contribution in [0.5, 0.6) is 0 Å². The van der Waals surface area contributed by atoms with E-state index in [2.05, 4.69) is 20.7 Å². The molecule has 7 heteroatoms. The number of rotatable bonds is 2. The molecule has 0 spiro atoms. The SMILES string of the molecule is O=C1N=C(N2CCCCC2)S/C1=C\C1CNNC1c1ccc(F)cc1. The van der Waals surface area contributed by atoms with Crippen LogP contribution in [-0.2, 0) is 4.79 Å². The highest BCUT2D eigenvalue weighted by atomic mass is 32.2. The average Bonchev–Trinajstić information content (AvgIpc) is 3.24. The standard InChI is InChI=1S/C18H21FN4OS/c19-14-6-4-12(5-7-14)16-13(11-20-22-16)10-15-17(24)21-18(25-15)23-8-2-1-3-9-23/h4-7,10,13,16,20,22H,1-3,8-9,11H2/b15-10-. The van der Waals surface area contributed by atoms with E-state index in [0.717, 1.165) is 43.2 Å². The lowest BCUT2D eigenvalue weighted by Crippen LogP contribution is -2.33. The highest BCUT2D eigenvalue weighted by Gasteiger charge is 2.31. The van der Waals surface area contributed by atoms with Crippen molar-refractivity contribution in [2.75, 3.05) is 19.6 Å². The van der Waals surface area contributed by atoms with E-state index in [0.29, 0.717) is 4.91 Å². The largest absolute Gasteiger partial charge is 0.351 e. The molecule has 2 fully saturated rings. The Hall–Kier alpha value is -1.70. The van der Waals surface area contributed by atoms with Crippen LogP contribution in [0.4, 0.5) is 4.39 Å². The first-order chi connectivity index (χ1) is 12.2. The molecule has 3 heterocycles. The molecule has 1 aromatic rings. The molecule has 2 saturated heterocycles. The van der Waals surface area contributed by atoms with Crippen molar-refractivity contribution >= 4 is 22.8 Å². The third-order valence-corrected chi connectivity index (χ3v) is 5.92. The summed E-state index contributed by atoms with van der Waals surface area (Å²) in [6.07, 6.45) is 5.59. The molecule has 1 amide bonds. The van der Waals surface area contributed by atoms with Crippen molar-refractivity contribution in [2.45, 2.75) is 25.3 Å². The fourth-order valence-electron chi connectivity index (χ4n) is 3.49. The molecule has 2 unspecified atom stereocenters. The zero-order valence-electron chi connectivity index (χ0n) is 13.9. The van der Waals surface area contributed by atoms with Gasteiger partial charge in [0.15, 0.2) is 5.17 Å². The van der Waals surface area contributed by atoms with Gasteiger partial charge < -0.3 is 4.90 Å². The van der Waals surface area contributed by atoms with Crippen molar-refractivity contribution in [1.29, 1.82) is 0 Å². The van der Waals surface area contributed by atoms with Gasteiger partial charge in [0.1, 0.15) is 5.82 Å². The zero-order valence-corrected chi connectivity index (χ0v) is 14.7. The molecule has 132 valence electrons. The maximum Gasteiger partial charge on any atom is 0.285 e. The lowest BCUT2D eigenvalue weighted by molar-refractivity contribution is -0.113. The van der Waals surface area contributed by atoms with Crippen LogP contribution in [0.1, 0.15) is 30.9 Å². The number of carbonyl (C=O) groups is 1. The number of halogens is 1. The Labute approximate surface area is 150 Å². The number of likely N-dealkylation sites (tertiary alicyclic amines) is 1. The first kappa shape index (κ1) is 16.8. The normalized spacial score (nSPS) is 28.7. The Bertz CT molecular complexity index is 712. The molecule has 0 aromatic heterocycles. The molecule has 0 saturated carbocycles. The fraction of sp³-hybridized carbons (Fsp3) is 0.444. The van der Waals surface area contributed by atoms with E-state index in [1.807, 2.05) is 6.08 Å². The first-order valence-electron chi connectivity index (χ1n) is 8.72. The summed E-state index contributed by atoms with van der Waals surface area (Å²) in [6.45, 7) is 2.69. The Kier molecular flexibility index (Phi) is 4.87. The Morgan fingerprint density at radius 1 is 1.20 bits per heavy atom. The summed E-state index contributed by atoms with van der Waals surface area (Å²) >= 11 is 1.48. The van der Waals surface area contributed by atoms with Crippen LogP contribution < -0.4 is 10.9 Å². The summed E-state index contributed by atoms with van der Waals surface area (Å²) < 4.78 is 13.2. The van der Waals surface area contributed by atoms with E-state index in [9.17, 15) is 9.18 Å². The number of nitrogens with one attached hydrogen (secondary N) is 2. The molecular formula is C18H21FN4OS. The number of hydrogen-bond donors (Lipinski definition) is 2. The molecule has 0 bridgehead atoms. The van der Waals surface area contributed by atoms with Crippen molar-refractivity contribution < 1.29 is 9.18 Å². The predicted molar refractivity (Wildman–Crippen MR) is 97.3 cm³/mol. The van der Waals surface area contributed by atoms with Crippen LogP contribution in [0.2, 0.25) is 0 Å². The second-order valence-electron chi connectivity index (χ2n) is 6.60. The molecule has 0 radical (unpaired) electrons. The van der Waals surface area contributed by atoms with Crippen LogP contribution >= 0.6 is 11.8 Å². The van der Waals surface area contributed by atoms with Gasteiger partial charge in [0.25, 0.3) is 5.91 Å². The highest BCUT2D eigenvalue weighted by Crippen LogP contribution is 2.34. The van der Waals surface area contributed by atoms with Crippen molar-refractivity contribution in [2.24, 2.45) is 10.9 Å². The molecule has 3 aliphatic rings. The van der Waals surface area contributed by atoms with Crippen molar-refractivity contribution in [3.8, 4) is 0 Å². The molecular weight excluding hydrogens is 339 g/mol. The number of amidine groups is 1. The monoisotopic (exact) mass is 360 g/mol. The molecule has 0 aliphatic carbocycles. The number of benzene rings is 1. The topological polar surface area (TPSA) is 56.7 Å². The summed E-state index contributed by atoms with van der Waals surface area (Å²) in [5.74, 6) is -0.270. The number of hydrazine groups is 1. The molecule has 25 heavy (non-hydrogen) atoms. The number of hydrogen-bond acceptors (Lipinski definition) is 5. The van der Waals surface area contributed by atoms with Crippen LogP contribution in [0.25, 0.3) is 0 Å². The molecule has 2 atom stereocenters. The van der Waals surface area contributed by atoms with Gasteiger partial charge in [-0.2, -0.15) is 4.99 Å². The van der Waals surface area contributed by atoms with E-state index in [-0.39, 0.29) is 23.7 Å². The molecule has 3 aliphatic heterocycles. The zero-order chi connectivity index (χ0) is 17.2. The number of nitrogens with zero attached hydrogens (tertiary/aromatic N) is 2. The summed E-state index contributed by atoms with van der Waals surface area (Å²) in [5, 5.41) is 0.841. The van der Waals surface area contributed by atoms with Gasteiger partial charge in [-0.05, 0) is 48.7 Å². The summed E-state index contributed by atoms with van der Waals surface area (Å²) in [4.78, 5) is 19.5. The second kappa shape index (κ2) is 7.27. The van der Waals surface area contributed by atoms with Crippen LogP contribution in [0.3, 0.4) is 0 Å². The number of thioether (sulfide) groups is 1. The van der Waals surface area contributed by atoms with Crippen molar-refractivity contribution in [1.82, 2.24) is 15.8 Å². The van der Waals surface area contributed by atoms with E-state index >= 15 is 0 Å². The maximum atomic E-state index is 13.2. The van der Waals surface area contributed by atoms with E-state index in [4.69, 9.17) is 0 Å². The quantitative estimate of drug-likeness (QED) is 0.794. The van der Waals surface area contributed by atoms with Gasteiger partial charge in [-0.15, -0.1) is 0 Å². The van der Waals surface area contributed by atoms with Gasteiger partial charge in [-0.3, -0.25) is 10.2 Å². The first-order valence-corrected chi connectivity index (χ1v) is 9.54. The van der Waals surface area contributed by atoms with Crippen LogP contribution in [0, 0.1) is 11.7 Å². The Morgan fingerprint density at radius 2 is 1.96 bits per heavy atom. The molecule has 1 aromatic carbocycles. The molecule has 5 nitrogen and oxygen atoms in total. The van der Waals surface area contributed by atoms with E-state index < -0.39 is 0 Å². The summed E-state index contributed by atoms with van der Waals surface area (Å²) in [6, 6.07) is 6.51. The fourth-order valence-corrected chi connectivity index (χ4v) is 4.51. The minimum atomic E-state index is -0.245. The second-order valence-corrected chi connectivity index (χ2v) is 7.61. The summed E-state index contributed by atoms with van der Waals surface area (Å²) in [7, 11) is 0. The maximum absolute atomic E-state index is 13.2. The van der Waals surface area contributed by atoms with Gasteiger partial charge in [-0.1, -0.05) is 18.2 Å². The Balaban J connectivity index is 1.48. The smallest absolute Gasteiger partial charge is 0.285 e. The van der Waals surface area contributed by atoms with Crippen LogP contribution in [-0.4, -0.2) is 35.6 Å². The third-order valence-electron chi connectivity index (χ3n) is 4.85. The van der Waals surface area contributed by atoms with Crippen LogP contribution in [0.15, 0.2) is 40.2 Å². The van der Waals surface area contributed by atoms with Gasteiger partial charge in [0, 0.05) is 25.6 Å². The third kappa shape index (κ3) is 3.63. The van der Waals surface area contributed by atoms with Gasteiger partial charge in [-0.25, -0.2) is 9.82 Å². The van der Waals surface area contributed by atoms with Gasteiger partial charge in [0.05, 0.1) is 10.9 Å². The van der Waals surface area contributed by atoms with E-state index in [1.54, 1.807) is 12.1 Å². The van der Waals surface area contributed by atoms with Crippen molar-refractivity contribution in [3.63, 3.8) is 0 Å². The number of aliphatic imine (C=N–C) groups is 1. The lowest BCUT2D eigenvalue weighted by Gasteiger charge is -2.27. The summed E-state index contributed by atoms with van der Waals surface area (Å²) in [5.41, 5.74) is 7.36. The van der Waals surface area contributed by atoms with Gasteiger partial charge >= 0.3 is 0 Å². The number of piperidine rings is 1. The average molecular weight is 360 g/mol. The Morgan fingerprint density at radius 3 is 2.72 bits per heavy atom. The van der Waals surface area contributed by atoms with Crippen molar-refractivity contribution in [3.05, 3.63) is 46.6 Å². The minimum Gasteiger partial charge on any atom is -0.351 e. The molecule has 4 rings (SSSR count). The minimum absolute atomic E-state index is 0.0144. The molecule has 2 N–H and O–H groups in total. The predicted octanol–water partition coefficient (Wildman–Crippen LogP) is 2.59. The highest BCUT2D eigenvalue weighted by molar-refractivity contribution is 8.18.